The van der Waals surface area contributed by atoms with Crippen LogP contribution >= 0.6 is 0 Å². The number of aryl methyl sites for hydroxylation is 1. The van der Waals surface area contributed by atoms with Crippen LogP contribution in [0.25, 0.3) is 0 Å². The molecule has 68 valence electrons. The van der Waals surface area contributed by atoms with E-state index >= 15 is 0 Å². The average Bonchev–Trinajstić information content (AvgIpc) is 2.09. The van der Waals surface area contributed by atoms with Gasteiger partial charge in [-0.05, 0) is 18.1 Å². The van der Waals surface area contributed by atoms with Crippen LogP contribution in [0.3, 0.4) is 0 Å². The van der Waals surface area contributed by atoms with Gasteiger partial charge in [0.2, 0.25) is 0 Å². The van der Waals surface area contributed by atoms with Crippen molar-refractivity contribution < 1.29 is 9.53 Å². The van der Waals surface area contributed by atoms with Gasteiger partial charge in [-0.15, -0.1) is 0 Å². The van der Waals surface area contributed by atoms with Gasteiger partial charge in [0.25, 0.3) is 0 Å². The maximum Gasteiger partial charge on any atom is 0.315 e. The second kappa shape index (κ2) is 4.45. The Balaban J connectivity index is 2.68. The van der Waals surface area contributed by atoms with E-state index in [4.69, 9.17) is 0 Å². The molecule has 1 aromatic rings. The quantitative estimate of drug-likeness (QED) is 0.521. The lowest BCUT2D eigenvalue weighted by atomic mass is 10.1. The van der Waals surface area contributed by atoms with Crippen LogP contribution in [0.1, 0.15) is 11.1 Å². The third kappa shape index (κ3) is 2.75. The predicted molar refractivity (Wildman–Crippen MR) is 51.2 cm³/mol. The highest BCUT2D eigenvalue weighted by atomic mass is 16.5. The van der Waals surface area contributed by atoms with E-state index < -0.39 is 0 Å². The lowest BCUT2D eigenvalue weighted by molar-refractivity contribution is -0.137. The fourth-order valence-corrected chi connectivity index (χ4v) is 1.10. The summed E-state index contributed by atoms with van der Waals surface area (Å²) in [4.78, 5) is 11.1. The van der Waals surface area contributed by atoms with E-state index in [1.165, 1.54) is 0 Å². The highest BCUT2D eigenvalue weighted by molar-refractivity contribution is 5.73. The van der Waals surface area contributed by atoms with Crippen molar-refractivity contribution in [3.05, 3.63) is 48.2 Å². The fraction of sp³-hybridized carbons (Fsp3) is 0.182. The van der Waals surface area contributed by atoms with Crippen molar-refractivity contribution in [2.24, 2.45) is 0 Å². The first-order chi connectivity index (χ1) is 6.24. The zero-order valence-corrected chi connectivity index (χ0v) is 7.62. The first-order valence-electron chi connectivity index (χ1n) is 4.09. The molecule has 13 heavy (non-hydrogen) atoms. The Hall–Kier alpha value is -1.57. The number of rotatable bonds is 3. The molecule has 2 heteroatoms. The van der Waals surface area contributed by atoms with Crippen LogP contribution < -0.4 is 0 Å². The molecule has 0 amide bonds. The maximum absolute atomic E-state index is 11.1. The second-order valence-corrected chi connectivity index (χ2v) is 2.76. The number of esters is 1. The van der Waals surface area contributed by atoms with Crippen molar-refractivity contribution in [1.29, 1.82) is 0 Å². The summed E-state index contributed by atoms with van der Waals surface area (Å²) < 4.78 is 4.63. The normalized spacial score (nSPS) is 9.31. The Labute approximate surface area is 77.8 Å². The van der Waals surface area contributed by atoms with Gasteiger partial charge in [-0.3, -0.25) is 4.79 Å². The number of hydrogen-bond donors (Lipinski definition) is 0. The Morgan fingerprint density at radius 2 is 2.23 bits per heavy atom. The largest absolute Gasteiger partial charge is 0.435 e. The van der Waals surface area contributed by atoms with Crippen molar-refractivity contribution in [1.82, 2.24) is 0 Å². The molecule has 0 unspecified atom stereocenters. The monoisotopic (exact) mass is 176 g/mol. The lowest BCUT2D eigenvalue weighted by Gasteiger charge is -2.02. The van der Waals surface area contributed by atoms with E-state index in [1.807, 2.05) is 31.2 Å². The summed E-state index contributed by atoms with van der Waals surface area (Å²) >= 11 is 0. The van der Waals surface area contributed by atoms with Crippen molar-refractivity contribution in [3.8, 4) is 0 Å². The summed E-state index contributed by atoms with van der Waals surface area (Å²) in [5.74, 6) is -0.274. The summed E-state index contributed by atoms with van der Waals surface area (Å²) in [6, 6.07) is 7.73. The van der Waals surface area contributed by atoms with Gasteiger partial charge in [-0.25, -0.2) is 0 Å². The van der Waals surface area contributed by atoms with Crippen LogP contribution in [-0.2, 0) is 16.0 Å². The first-order valence-corrected chi connectivity index (χ1v) is 4.09. The molecule has 0 bridgehead atoms. The standard InChI is InChI=1S/C11H12O2/c1-3-13-11(12)8-10-7-5-4-6-9(10)2/h3-7H,1,8H2,2H3. The summed E-state index contributed by atoms with van der Waals surface area (Å²) in [7, 11) is 0. The Morgan fingerprint density at radius 3 is 2.85 bits per heavy atom. The molecule has 0 N–H and O–H groups in total. The molecule has 0 spiro atoms. The van der Waals surface area contributed by atoms with Crippen LogP contribution in [-0.4, -0.2) is 5.97 Å². The van der Waals surface area contributed by atoms with E-state index in [2.05, 4.69) is 11.3 Å². The van der Waals surface area contributed by atoms with Gasteiger partial charge < -0.3 is 4.74 Å². The van der Waals surface area contributed by atoms with Crippen molar-refractivity contribution >= 4 is 5.97 Å². The van der Waals surface area contributed by atoms with E-state index in [9.17, 15) is 4.79 Å². The van der Waals surface area contributed by atoms with Gasteiger partial charge in [0, 0.05) is 0 Å². The molecule has 2 nitrogen and oxygen atoms in total. The smallest absolute Gasteiger partial charge is 0.315 e. The third-order valence-electron chi connectivity index (χ3n) is 1.81. The molecular weight excluding hydrogens is 164 g/mol. The number of benzene rings is 1. The zero-order valence-electron chi connectivity index (χ0n) is 7.62. The van der Waals surface area contributed by atoms with Gasteiger partial charge >= 0.3 is 5.97 Å². The van der Waals surface area contributed by atoms with Crippen LogP contribution in [0.15, 0.2) is 37.1 Å². The summed E-state index contributed by atoms with van der Waals surface area (Å²) in [5.41, 5.74) is 2.10. The highest BCUT2D eigenvalue weighted by Gasteiger charge is 2.04. The third-order valence-corrected chi connectivity index (χ3v) is 1.81. The fourth-order valence-electron chi connectivity index (χ4n) is 1.10. The number of ether oxygens (including phenoxy) is 1. The van der Waals surface area contributed by atoms with E-state index in [-0.39, 0.29) is 5.97 Å². The molecule has 0 radical (unpaired) electrons. The van der Waals surface area contributed by atoms with Crippen LogP contribution in [0.2, 0.25) is 0 Å². The maximum atomic E-state index is 11.1. The van der Waals surface area contributed by atoms with Crippen LogP contribution in [0, 0.1) is 6.92 Å². The number of carbonyl (C=O) groups is 1. The van der Waals surface area contributed by atoms with Gasteiger partial charge in [0.15, 0.2) is 0 Å². The highest BCUT2D eigenvalue weighted by Crippen LogP contribution is 2.08. The number of hydrogen-bond acceptors (Lipinski definition) is 2. The topological polar surface area (TPSA) is 26.3 Å². The van der Waals surface area contributed by atoms with Crippen LogP contribution in [0.5, 0.6) is 0 Å². The Bertz CT molecular complexity index is 316. The molecule has 0 aliphatic heterocycles. The first kappa shape index (κ1) is 9.52. The molecule has 0 heterocycles. The lowest BCUT2D eigenvalue weighted by Crippen LogP contribution is -2.04. The van der Waals surface area contributed by atoms with Gasteiger partial charge in [-0.2, -0.15) is 0 Å². The Morgan fingerprint density at radius 1 is 1.54 bits per heavy atom. The second-order valence-electron chi connectivity index (χ2n) is 2.76. The molecule has 0 aliphatic rings. The van der Waals surface area contributed by atoms with Crippen molar-refractivity contribution in [3.63, 3.8) is 0 Å². The minimum absolute atomic E-state index is 0.274. The predicted octanol–water partition coefficient (Wildman–Crippen LogP) is 2.22. The summed E-state index contributed by atoms with van der Waals surface area (Å²) in [6.45, 7) is 5.29. The molecule has 0 aliphatic carbocycles. The van der Waals surface area contributed by atoms with Crippen LogP contribution in [0.4, 0.5) is 0 Å². The van der Waals surface area contributed by atoms with Gasteiger partial charge in [-0.1, -0.05) is 30.8 Å². The summed E-state index contributed by atoms with van der Waals surface area (Å²) in [6.07, 6.45) is 1.46. The minimum atomic E-state index is -0.274. The summed E-state index contributed by atoms with van der Waals surface area (Å²) in [5, 5.41) is 0. The molecular formula is C11H12O2. The van der Waals surface area contributed by atoms with Gasteiger partial charge in [0.05, 0.1) is 12.7 Å². The molecule has 0 fully saturated rings. The average molecular weight is 176 g/mol. The molecule has 0 atom stereocenters. The molecule has 0 saturated carbocycles. The molecule has 0 saturated heterocycles. The van der Waals surface area contributed by atoms with Gasteiger partial charge in [0.1, 0.15) is 0 Å². The SMILES string of the molecule is C=COC(=O)Cc1ccccc1C. The van der Waals surface area contributed by atoms with Crippen molar-refractivity contribution in [2.45, 2.75) is 13.3 Å². The van der Waals surface area contributed by atoms with E-state index in [1.54, 1.807) is 0 Å². The Kier molecular flexibility index (Phi) is 3.26. The zero-order chi connectivity index (χ0) is 9.68. The molecule has 1 rings (SSSR count). The van der Waals surface area contributed by atoms with E-state index in [0.717, 1.165) is 17.4 Å². The molecule has 1 aromatic carbocycles. The van der Waals surface area contributed by atoms with Crippen molar-refractivity contribution in [2.75, 3.05) is 0 Å². The number of carbonyl (C=O) groups excluding carboxylic acids is 1. The molecule has 0 aromatic heterocycles. The minimum Gasteiger partial charge on any atom is -0.435 e. The van der Waals surface area contributed by atoms with E-state index in [0.29, 0.717) is 6.42 Å².